The molecule has 196 valence electrons. The summed E-state index contributed by atoms with van der Waals surface area (Å²) in [6.45, 7) is 12.7. The van der Waals surface area contributed by atoms with Gasteiger partial charge in [0, 0.05) is 49.9 Å². The summed E-state index contributed by atoms with van der Waals surface area (Å²) in [5, 5.41) is 0. The molecule has 0 radical (unpaired) electrons. The van der Waals surface area contributed by atoms with Crippen LogP contribution in [0.5, 0.6) is 0 Å². The first kappa shape index (κ1) is 30.7. The number of ketones is 4. The maximum atomic E-state index is 11.3. The van der Waals surface area contributed by atoms with E-state index in [0.717, 1.165) is 83.0 Å². The lowest BCUT2D eigenvalue weighted by atomic mass is 9.69. The zero-order valence-electron chi connectivity index (χ0n) is 23.0. The molecule has 0 N–H and O–H groups in total. The van der Waals surface area contributed by atoms with Gasteiger partial charge in [-0.2, -0.15) is 0 Å². The number of rotatable bonds is 0. The number of hydrogen-bond donors (Lipinski definition) is 0. The molecule has 4 aliphatic rings. The van der Waals surface area contributed by atoms with Crippen LogP contribution < -0.4 is 0 Å². The molecule has 3 unspecified atom stereocenters. The van der Waals surface area contributed by atoms with E-state index in [1.54, 1.807) is 0 Å². The summed E-state index contributed by atoms with van der Waals surface area (Å²) in [6, 6.07) is 0. The molecule has 0 aromatic heterocycles. The molecule has 0 amide bonds. The lowest BCUT2D eigenvalue weighted by Gasteiger charge is -2.34. The Morgan fingerprint density at radius 1 is 0.588 bits per heavy atom. The van der Waals surface area contributed by atoms with Gasteiger partial charge in [-0.3, -0.25) is 19.2 Å². The van der Waals surface area contributed by atoms with E-state index in [1.165, 1.54) is 19.3 Å². The highest BCUT2D eigenvalue weighted by atomic mass is 16.1. The molecule has 4 saturated carbocycles. The van der Waals surface area contributed by atoms with Crippen LogP contribution in [0.15, 0.2) is 0 Å². The molecule has 4 aliphatic carbocycles. The van der Waals surface area contributed by atoms with E-state index in [0.29, 0.717) is 40.9 Å². The van der Waals surface area contributed by atoms with Crippen LogP contribution in [0.4, 0.5) is 0 Å². The second-order valence-electron chi connectivity index (χ2n) is 12.0. The van der Waals surface area contributed by atoms with Gasteiger partial charge in [-0.05, 0) is 69.1 Å². The highest BCUT2D eigenvalue weighted by molar-refractivity contribution is 5.85. The van der Waals surface area contributed by atoms with Crippen molar-refractivity contribution in [2.24, 2.45) is 29.1 Å². The molecule has 0 heterocycles. The average Bonchev–Trinajstić information content (AvgIpc) is 2.78. The van der Waals surface area contributed by atoms with Crippen molar-refractivity contribution in [2.45, 2.75) is 138 Å². The second-order valence-corrected chi connectivity index (χ2v) is 12.0. The minimum Gasteiger partial charge on any atom is -0.300 e. The smallest absolute Gasteiger partial charge is 0.138 e. The van der Waals surface area contributed by atoms with Gasteiger partial charge in [0.2, 0.25) is 0 Å². The Labute approximate surface area is 209 Å². The molecule has 0 bridgehead atoms. The van der Waals surface area contributed by atoms with Crippen molar-refractivity contribution in [3.8, 4) is 0 Å². The fraction of sp³-hybridized carbons (Fsp3) is 0.867. The van der Waals surface area contributed by atoms with Crippen molar-refractivity contribution < 1.29 is 19.2 Å². The topological polar surface area (TPSA) is 68.3 Å². The van der Waals surface area contributed by atoms with Gasteiger partial charge in [0.25, 0.3) is 0 Å². The van der Waals surface area contributed by atoms with Crippen LogP contribution in [0.2, 0.25) is 0 Å². The summed E-state index contributed by atoms with van der Waals surface area (Å²) in [4.78, 5) is 43.4. The number of hydrogen-bond acceptors (Lipinski definition) is 4. The fourth-order valence-corrected chi connectivity index (χ4v) is 5.01. The zero-order chi connectivity index (χ0) is 25.7. The van der Waals surface area contributed by atoms with Gasteiger partial charge in [-0.15, -0.1) is 0 Å². The summed E-state index contributed by atoms with van der Waals surface area (Å²) >= 11 is 0. The Hall–Kier alpha value is -1.32. The first-order chi connectivity index (χ1) is 15.9. The van der Waals surface area contributed by atoms with Crippen molar-refractivity contribution in [2.75, 3.05) is 0 Å². The maximum absolute atomic E-state index is 11.3. The first-order valence-electron chi connectivity index (χ1n) is 14.0. The lowest BCUT2D eigenvalue weighted by Crippen LogP contribution is -2.34. The standard InChI is InChI=1S/C9H16O.3C7H12O/c1-7-5-4-6-8(10)9(7,2)3;1-6-2-4-7(8)5-3-6;1-6-3-2-4-7(8)5-6;1-6-4-2-3-5-7(6)8/h7H,4-6H2,1-3H3;3*6H,2-5H2,1H3. The Balaban J connectivity index is 0.000000228. The zero-order valence-corrected chi connectivity index (χ0v) is 23.0. The molecule has 0 aromatic carbocycles. The van der Waals surface area contributed by atoms with E-state index >= 15 is 0 Å². The van der Waals surface area contributed by atoms with E-state index in [2.05, 4.69) is 34.6 Å². The van der Waals surface area contributed by atoms with Crippen LogP contribution in [0.3, 0.4) is 0 Å². The second kappa shape index (κ2) is 15.6. The van der Waals surface area contributed by atoms with Gasteiger partial charge in [0.15, 0.2) is 0 Å². The van der Waals surface area contributed by atoms with Gasteiger partial charge < -0.3 is 0 Å². The van der Waals surface area contributed by atoms with Crippen LogP contribution in [0.25, 0.3) is 0 Å². The van der Waals surface area contributed by atoms with Gasteiger partial charge >= 0.3 is 0 Å². The van der Waals surface area contributed by atoms with E-state index < -0.39 is 0 Å². The van der Waals surface area contributed by atoms with Gasteiger partial charge in [-0.25, -0.2) is 0 Å². The third kappa shape index (κ3) is 11.9. The van der Waals surface area contributed by atoms with E-state index in [9.17, 15) is 19.2 Å². The molecule has 0 aliphatic heterocycles. The third-order valence-electron chi connectivity index (χ3n) is 8.41. The van der Waals surface area contributed by atoms with Crippen LogP contribution in [0, 0.1) is 29.1 Å². The SMILES string of the molecule is CC1CCC(=O)CC1.CC1CCCC(=O)C1.CC1CCCC(=O)C1(C)C.CC1CCCCC1=O. The first-order valence-corrected chi connectivity index (χ1v) is 14.0. The van der Waals surface area contributed by atoms with Crippen molar-refractivity contribution in [3.05, 3.63) is 0 Å². The quantitative estimate of drug-likeness (QED) is 0.359. The molecule has 4 heteroatoms. The molecular weight excluding hydrogens is 424 g/mol. The van der Waals surface area contributed by atoms with Crippen molar-refractivity contribution in [3.63, 3.8) is 0 Å². The maximum Gasteiger partial charge on any atom is 0.138 e. The molecule has 4 rings (SSSR count). The van der Waals surface area contributed by atoms with Gasteiger partial charge in [-0.1, -0.05) is 48.0 Å². The van der Waals surface area contributed by atoms with Crippen LogP contribution >= 0.6 is 0 Å². The summed E-state index contributed by atoms with van der Waals surface area (Å²) in [6.07, 6.45) is 15.4. The highest BCUT2D eigenvalue weighted by Gasteiger charge is 2.35. The molecule has 3 atom stereocenters. The molecular formula is C30H52O4. The minimum atomic E-state index is -0.0434. The van der Waals surface area contributed by atoms with Crippen molar-refractivity contribution in [1.82, 2.24) is 0 Å². The summed E-state index contributed by atoms with van der Waals surface area (Å²) in [5.41, 5.74) is -0.0434. The van der Waals surface area contributed by atoms with Crippen LogP contribution in [-0.4, -0.2) is 23.1 Å². The molecule has 4 fully saturated rings. The molecule has 4 nitrogen and oxygen atoms in total. The fourth-order valence-electron chi connectivity index (χ4n) is 5.01. The van der Waals surface area contributed by atoms with Crippen LogP contribution in [-0.2, 0) is 19.2 Å². The summed E-state index contributed by atoms with van der Waals surface area (Å²) in [5.74, 6) is 4.25. The van der Waals surface area contributed by atoms with Crippen LogP contribution in [0.1, 0.15) is 138 Å². The largest absolute Gasteiger partial charge is 0.300 e. The lowest BCUT2D eigenvalue weighted by molar-refractivity contribution is -0.132. The Kier molecular flexibility index (Phi) is 14.1. The van der Waals surface area contributed by atoms with Gasteiger partial charge in [0.1, 0.15) is 23.1 Å². The molecule has 34 heavy (non-hydrogen) atoms. The van der Waals surface area contributed by atoms with Crippen molar-refractivity contribution in [1.29, 1.82) is 0 Å². The monoisotopic (exact) mass is 476 g/mol. The van der Waals surface area contributed by atoms with E-state index in [-0.39, 0.29) is 5.41 Å². The molecule has 0 saturated heterocycles. The normalized spacial score (nSPS) is 29.5. The number of Topliss-reactive ketones (excluding diaryl/α,β-unsaturated/α-hetero) is 4. The molecule has 0 aromatic rings. The van der Waals surface area contributed by atoms with E-state index in [1.807, 2.05) is 6.92 Å². The Morgan fingerprint density at radius 3 is 1.59 bits per heavy atom. The Morgan fingerprint density at radius 2 is 1.21 bits per heavy atom. The average molecular weight is 477 g/mol. The van der Waals surface area contributed by atoms with E-state index in [4.69, 9.17) is 0 Å². The minimum absolute atomic E-state index is 0.0434. The number of carbonyl (C=O) groups is 4. The Bertz CT molecular complexity index is 653. The third-order valence-corrected chi connectivity index (χ3v) is 8.41. The predicted molar refractivity (Wildman–Crippen MR) is 140 cm³/mol. The number of carbonyl (C=O) groups excluding carboxylic acids is 4. The predicted octanol–water partition coefficient (Wildman–Crippen LogP) is 7.70. The van der Waals surface area contributed by atoms with Gasteiger partial charge in [0.05, 0.1) is 0 Å². The molecule has 0 spiro atoms. The van der Waals surface area contributed by atoms with Crippen molar-refractivity contribution >= 4 is 23.1 Å². The summed E-state index contributed by atoms with van der Waals surface area (Å²) < 4.78 is 0. The highest BCUT2D eigenvalue weighted by Crippen LogP contribution is 2.37. The summed E-state index contributed by atoms with van der Waals surface area (Å²) in [7, 11) is 0.